The highest BCUT2D eigenvalue weighted by Crippen LogP contribution is 2.38. The molecule has 0 bridgehead atoms. The van der Waals surface area contributed by atoms with Crippen molar-refractivity contribution in [2.24, 2.45) is 0 Å². The Morgan fingerprint density at radius 1 is 1.02 bits per heavy atom. The van der Waals surface area contributed by atoms with Gasteiger partial charge in [-0.2, -0.15) is 0 Å². The maximum atomic E-state index is 13.0. The van der Waals surface area contributed by atoms with Gasteiger partial charge in [0.2, 0.25) is 0 Å². The molecule has 1 amide bonds. The summed E-state index contributed by atoms with van der Waals surface area (Å²) in [7, 11) is 0. The number of benzene rings is 3. The molecule has 0 spiro atoms. The summed E-state index contributed by atoms with van der Waals surface area (Å²) in [6, 6.07) is 20.3. The summed E-state index contributed by atoms with van der Waals surface area (Å²) >= 11 is 1.49. The van der Waals surface area contributed by atoms with Crippen molar-refractivity contribution in [1.29, 1.82) is 0 Å². The second kappa shape index (κ2) is 13.6. The number of carbonyl (C=O) groups excluding carboxylic acids is 2. The van der Waals surface area contributed by atoms with Gasteiger partial charge in [-0.05, 0) is 48.2 Å². The number of amides is 1. The van der Waals surface area contributed by atoms with Crippen LogP contribution in [0, 0.1) is 0 Å². The van der Waals surface area contributed by atoms with Gasteiger partial charge in [0.25, 0.3) is 5.91 Å². The predicted octanol–water partition coefficient (Wildman–Crippen LogP) is 4.67. The number of imidazole rings is 1. The van der Waals surface area contributed by atoms with E-state index < -0.39 is 6.04 Å². The van der Waals surface area contributed by atoms with Crippen LogP contribution in [-0.2, 0) is 18.6 Å². The van der Waals surface area contributed by atoms with Crippen molar-refractivity contribution in [2.75, 3.05) is 13.2 Å². The van der Waals surface area contributed by atoms with Crippen LogP contribution >= 0.6 is 11.8 Å². The number of aliphatic hydroxyl groups excluding tert-OH is 2. The molecule has 4 aromatic rings. The van der Waals surface area contributed by atoms with Crippen molar-refractivity contribution in [3.8, 4) is 5.75 Å². The Morgan fingerprint density at radius 3 is 2.56 bits per heavy atom. The summed E-state index contributed by atoms with van der Waals surface area (Å²) in [4.78, 5) is 34.1. The van der Waals surface area contributed by atoms with Crippen molar-refractivity contribution < 1.29 is 24.5 Å². The van der Waals surface area contributed by atoms with E-state index in [2.05, 4.69) is 15.3 Å². The number of aromatic amines is 1. The third-order valence-corrected chi connectivity index (χ3v) is 8.27. The average Bonchev–Trinajstić information content (AvgIpc) is 3.53. The van der Waals surface area contributed by atoms with Gasteiger partial charge in [0.15, 0.2) is 5.78 Å². The van der Waals surface area contributed by atoms with Gasteiger partial charge in [-0.25, -0.2) is 4.98 Å². The van der Waals surface area contributed by atoms with Crippen LogP contribution in [0.4, 0.5) is 0 Å². The molecule has 0 aliphatic heterocycles. The highest BCUT2D eigenvalue weighted by Gasteiger charge is 2.25. The Balaban J connectivity index is 1.47. The molecule has 1 aliphatic carbocycles. The first-order chi connectivity index (χ1) is 20.1. The molecule has 0 saturated carbocycles. The minimum atomic E-state index is -0.739. The van der Waals surface area contributed by atoms with Gasteiger partial charge in [-0.1, -0.05) is 42.5 Å². The molecule has 0 fully saturated rings. The lowest BCUT2D eigenvalue weighted by Gasteiger charge is -2.25. The molecule has 0 saturated heterocycles. The van der Waals surface area contributed by atoms with Crippen LogP contribution < -0.4 is 10.1 Å². The number of H-pyrrole nitrogens is 1. The summed E-state index contributed by atoms with van der Waals surface area (Å²) in [6.45, 7) is -0.716. The molecule has 4 N–H and O–H groups in total. The Hall–Kier alpha value is -3.92. The number of aliphatic hydroxyl groups is 2. The van der Waals surface area contributed by atoms with Crippen molar-refractivity contribution in [3.05, 3.63) is 113 Å². The number of rotatable bonds is 12. The number of hydrogen-bond acceptors (Lipinski definition) is 7. The lowest BCUT2D eigenvalue weighted by atomic mass is 9.87. The summed E-state index contributed by atoms with van der Waals surface area (Å²) in [6.07, 6.45) is 5.84. The minimum absolute atomic E-state index is 0.137. The molecule has 8 nitrogen and oxygen atoms in total. The van der Waals surface area contributed by atoms with Crippen LogP contribution in [0.15, 0.2) is 84.0 Å². The monoisotopic (exact) mass is 571 g/mol. The minimum Gasteiger partial charge on any atom is -0.485 e. The van der Waals surface area contributed by atoms with E-state index in [1.165, 1.54) is 11.8 Å². The fourth-order valence-electron chi connectivity index (χ4n) is 5.02. The van der Waals surface area contributed by atoms with Gasteiger partial charge < -0.3 is 25.3 Å². The van der Waals surface area contributed by atoms with Crippen LogP contribution in [0.25, 0.3) is 0 Å². The van der Waals surface area contributed by atoms with E-state index in [9.17, 15) is 19.8 Å². The molecule has 9 heteroatoms. The SMILES string of the molecule is O=C(NC(CO)CO)c1ccccc1SCc1c(O[C@@H](Cc2ncc[nH]2)c2ccccc2)ccc2c1CCCC2=O. The van der Waals surface area contributed by atoms with E-state index in [-0.39, 0.29) is 31.0 Å². The first-order valence-corrected chi connectivity index (χ1v) is 14.7. The molecular formula is C32H33N3O5S. The van der Waals surface area contributed by atoms with Crippen LogP contribution in [0.1, 0.15) is 62.2 Å². The van der Waals surface area contributed by atoms with E-state index >= 15 is 0 Å². The zero-order chi connectivity index (χ0) is 28.6. The molecule has 1 atom stereocenters. The molecule has 1 aliphatic rings. The molecule has 5 rings (SSSR count). The summed E-state index contributed by atoms with van der Waals surface area (Å²) in [5.41, 5.74) is 4.15. The highest BCUT2D eigenvalue weighted by molar-refractivity contribution is 7.98. The van der Waals surface area contributed by atoms with Crippen molar-refractivity contribution in [1.82, 2.24) is 15.3 Å². The fourth-order valence-corrected chi connectivity index (χ4v) is 6.13. The quantitative estimate of drug-likeness (QED) is 0.182. The normalized spacial score (nSPS) is 13.6. The number of carbonyl (C=O) groups is 2. The van der Waals surface area contributed by atoms with E-state index in [4.69, 9.17) is 4.74 Å². The standard InChI is InChI=1S/C32H33N3O5S/c36-18-22(19-37)35-32(39)25-9-4-5-12-30(25)41-20-26-23-10-6-11-27(38)24(23)13-14-28(26)40-29(17-31-33-15-16-34-31)21-7-2-1-3-8-21/h1-5,7-9,12-16,22,29,36-37H,6,10-11,17-20H2,(H,33,34)(H,35,39)/t29-/m0/s1. The molecule has 1 heterocycles. The Kier molecular flexibility index (Phi) is 9.51. The lowest BCUT2D eigenvalue weighted by molar-refractivity contribution is 0.0876. The number of fused-ring (bicyclic) bond motifs is 1. The second-order valence-corrected chi connectivity index (χ2v) is 10.9. The van der Waals surface area contributed by atoms with E-state index in [1.54, 1.807) is 24.5 Å². The third-order valence-electron chi connectivity index (χ3n) is 7.17. The summed E-state index contributed by atoms with van der Waals surface area (Å²) in [5.74, 6) is 1.77. The molecular weight excluding hydrogens is 538 g/mol. The smallest absolute Gasteiger partial charge is 0.252 e. The zero-order valence-corrected chi connectivity index (χ0v) is 23.4. The Labute approximate surface area is 243 Å². The van der Waals surface area contributed by atoms with Crippen LogP contribution in [0.2, 0.25) is 0 Å². The van der Waals surface area contributed by atoms with Crippen molar-refractivity contribution in [2.45, 2.75) is 48.5 Å². The zero-order valence-electron chi connectivity index (χ0n) is 22.6. The molecule has 1 aromatic heterocycles. The highest BCUT2D eigenvalue weighted by atomic mass is 32.2. The van der Waals surface area contributed by atoms with Gasteiger partial charge in [-0.15, -0.1) is 11.8 Å². The number of nitrogens with one attached hydrogen (secondary N) is 2. The summed E-state index contributed by atoms with van der Waals surface area (Å²) < 4.78 is 6.73. The van der Waals surface area contributed by atoms with E-state index in [0.717, 1.165) is 45.8 Å². The average molecular weight is 572 g/mol. The number of ketones is 1. The van der Waals surface area contributed by atoms with Crippen LogP contribution in [0.5, 0.6) is 5.75 Å². The molecule has 0 radical (unpaired) electrons. The molecule has 212 valence electrons. The van der Waals surface area contributed by atoms with Gasteiger partial charge >= 0.3 is 0 Å². The van der Waals surface area contributed by atoms with Gasteiger partial charge in [0, 0.05) is 47.0 Å². The fraction of sp³-hybridized carbons (Fsp3) is 0.281. The molecule has 0 unspecified atom stereocenters. The first kappa shape index (κ1) is 28.6. The third kappa shape index (κ3) is 6.87. The van der Waals surface area contributed by atoms with Gasteiger partial charge in [-0.3, -0.25) is 9.59 Å². The van der Waals surface area contributed by atoms with Crippen LogP contribution in [0.3, 0.4) is 0 Å². The Bertz CT molecular complexity index is 1470. The topological polar surface area (TPSA) is 125 Å². The Morgan fingerprint density at radius 2 is 1.80 bits per heavy atom. The molecule has 3 aromatic carbocycles. The van der Waals surface area contributed by atoms with Crippen LogP contribution in [-0.4, -0.2) is 51.1 Å². The summed E-state index contributed by atoms with van der Waals surface area (Å²) in [5, 5.41) is 21.5. The predicted molar refractivity (Wildman–Crippen MR) is 157 cm³/mol. The van der Waals surface area contributed by atoms with Gasteiger partial charge in [0.05, 0.1) is 24.8 Å². The number of thioether (sulfide) groups is 1. The van der Waals surface area contributed by atoms with E-state index in [1.807, 2.05) is 54.6 Å². The van der Waals surface area contributed by atoms with E-state index in [0.29, 0.717) is 29.9 Å². The number of hydrogen-bond donors (Lipinski definition) is 4. The first-order valence-electron chi connectivity index (χ1n) is 13.7. The number of aromatic nitrogens is 2. The largest absolute Gasteiger partial charge is 0.485 e. The maximum absolute atomic E-state index is 13.0. The molecule has 41 heavy (non-hydrogen) atoms. The van der Waals surface area contributed by atoms with Crippen molar-refractivity contribution >= 4 is 23.5 Å². The van der Waals surface area contributed by atoms with Gasteiger partial charge in [0.1, 0.15) is 17.7 Å². The lowest BCUT2D eigenvalue weighted by Crippen LogP contribution is -2.40. The van der Waals surface area contributed by atoms with Crippen molar-refractivity contribution in [3.63, 3.8) is 0 Å². The number of ether oxygens (including phenoxy) is 1. The maximum Gasteiger partial charge on any atom is 0.252 e. The number of Topliss-reactive ketones (excluding diaryl/α,β-unsaturated/α-hetero) is 1. The second-order valence-electron chi connectivity index (χ2n) is 9.92. The number of nitrogens with zero attached hydrogens (tertiary/aromatic N) is 1.